The second-order valence-electron chi connectivity index (χ2n) is 4.21. The van der Waals surface area contributed by atoms with Gasteiger partial charge in [-0.3, -0.25) is 0 Å². The maximum atomic E-state index is 5.30. The summed E-state index contributed by atoms with van der Waals surface area (Å²) in [6, 6.07) is 5.97. The lowest BCUT2D eigenvalue weighted by atomic mass is 10.2. The third-order valence-corrected chi connectivity index (χ3v) is 3.15. The van der Waals surface area contributed by atoms with E-state index in [4.69, 9.17) is 21.7 Å². The third kappa shape index (κ3) is 4.95. The van der Waals surface area contributed by atoms with E-state index in [0.717, 1.165) is 30.0 Å². The first-order valence-electron chi connectivity index (χ1n) is 6.43. The molecule has 0 aliphatic carbocycles. The Balaban J connectivity index is 2.72. The fourth-order valence-electron chi connectivity index (χ4n) is 1.72. The molecule has 1 aromatic carbocycles. The van der Waals surface area contributed by atoms with Crippen molar-refractivity contribution in [2.24, 2.45) is 0 Å². The molecular formula is C14H22N2O2S. The maximum absolute atomic E-state index is 5.30. The average Bonchev–Trinajstić information content (AvgIpc) is 2.44. The molecule has 1 aromatic rings. The van der Waals surface area contributed by atoms with E-state index in [2.05, 4.69) is 24.5 Å². The number of nitrogens with one attached hydrogen (secondary N) is 2. The Hall–Kier alpha value is -1.49. The standard InChI is InChI=1S/C14H22N2O2S/c1-5-10(6-2)15-14(19)16-11-7-12(17-3)9-13(8-11)18-4/h7-10H,5-6H2,1-4H3,(H2,15,16,19). The lowest BCUT2D eigenvalue weighted by Gasteiger charge is -2.18. The molecule has 2 N–H and O–H groups in total. The van der Waals surface area contributed by atoms with Gasteiger partial charge in [0.2, 0.25) is 0 Å². The van der Waals surface area contributed by atoms with Gasteiger partial charge in [0.25, 0.3) is 0 Å². The van der Waals surface area contributed by atoms with Crippen LogP contribution in [0, 0.1) is 0 Å². The van der Waals surface area contributed by atoms with Gasteiger partial charge in [0, 0.05) is 29.9 Å². The first-order valence-corrected chi connectivity index (χ1v) is 6.84. The molecule has 0 fully saturated rings. The predicted molar refractivity (Wildman–Crippen MR) is 83.3 cm³/mol. The summed E-state index contributed by atoms with van der Waals surface area (Å²) < 4.78 is 10.4. The molecule has 5 heteroatoms. The van der Waals surface area contributed by atoms with Crippen LogP contribution in [0.1, 0.15) is 26.7 Å². The lowest BCUT2D eigenvalue weighted by Crippen LogP contribution is -2.36. The molecule has 0 aliphatic rings. The molecule has 0 radical (unpaired) electrons. The molecule has 0 amide bonds. The molecule has 0 unspecified atom stereocenters. The van der Waals surface area contributed by atoms with Crippen molar-refractivity contribution in [3.8, 4) is 11.5 Å². The van der Waals surface area contributed by atoms with Gasteiger partial charge >= 0.3 is 0 Å². The zero-order valence-corrected chi connectivity index (χ0v) is 12.8. The smallest absolute Gasteiger partial charge is 0.170 e. The van der Waals surface area contributed by atoms with Gasteiger partial charge in [0.15, 0.2) is 5.11 Å². The molecule has 106 valence electrons. The van der Waals surface area contributed by atoms with Crippen molar-refractivity contribution < 1.29 is 9.47 Å². The number of rotatable bonds is 6. The van der Waals surface area contributed by atoms with E-state index in [1.807, 2.05) is 18.2 Å². The Morgan fingerprint density at radius 2 is 1.63 bits per heavy atom. The van der Waals surface area contributed by atoms with E-state index < -0.39 is 0 Å². The van der Waals surface area contributed by atoms with Gasteiger partial charge in [0.1, 0.15) is 11.5 Å². The summed E-state index contributed by atoms with van der Waals surface area (Å²) in [6.07, 6.45) is 2.08. The molecule has 0 spiro atoms. The highest BCUT2D eigenvalue weighted by Crippen LogP contribution is 2.25. The van der Waals surface area contributed by atoms with Crippen molar-refractivity contribution in [1.29, 1.82) is 0 Å². The Morgan fingerprint density at radius 3 is 2.05 bits per heavy atom. The van der Waals surface area contributed by atoms with Crippen LogP contribution >= 0.6 is 12.2 Å². The Morgan fingerprint density at radius 1 is 1.11 bits per heavy atom. The van der Waals surface area contributed by atoms with Crippen LogP contribution in [0.25, 0.3) is 0 Å². The molecule has 0 saturated heterocycles. The van der Waals surface area contributed by atoms with Gasteiger partial charge in [-0.25, -0.2) is 0 Å². The van der Waals surface area contributed by atoms with Crippen LogP contribution < -0.4 is 20.1 Å². The summed E-state index contributed by atoms with van der Waals surface area (Å²) in [6.45, 7) is 4.27. The van der Waals surface area contributed by atoms with Crippen molar-refractivity contribution in [3.05, 3.63) is 18.2 Å². The molecule has 0 heterocycles. The number of methoxy groups -OCH3 is 2. The van der Waals surface area contributed by atoms with Gasteiger partial charge in [0.05, 0.1) is 14.2 Å². The van der Waals surface area contributed by atoms with Crippen LogP contribution in [0.2, 0.25) is 0 Å². The molecule has 1 rings (SSSR count). The fraction of sp³-hybridized carbons (Fsp3) is 0.500. The van der Waals surface area contributed by atoms with Crippen LogP contribution in [0.4, 0.5) is 5.69 Å². The average molecular weight is 282 g/mol. The van der Waals surface area contributed by atoms with Crippen LogP contribution in [-0.2, 0) is 0 Å². The summed E-state index contributed by atoms with van der Waals surface area (Å²) in [5.41, 5.74) is 0.847. The quantitative estimate of drug-likeness (QED) is 0.784. The summed E-state index contributed by atoms with van der Waals surface area (Å²) in [5.74, 6) is 1.46. The van der Waals surface area contributed by atoms with Gasteiger partial charge in [-0.05, 0) is 25.1 Å². The topological polar surface area (TPSA) is 42.5 Å². The van der Waals surface area contributed by atoms with Crippen molar-refractivity contribution in [2.45, 2.75) is 32.7 Å². The van der Waals surface area contributed by atoms with Gasteiger partial charge in [-0.15, -0.1) is 0 Å². The van der Waals surface area contributed by atoms with E-state index >= 15 is 0 Å². The van der Waals surface area contributed by atoms with Crippen molar-refractivity contribution in [1.82, 2.24) is 5.32 Å². The minimum absolute atomic E-state index is 0.396. The Bertz CT molecular complexity index is 398. The van der Waals surface area contributed by atoms with Gasteiger partial charge < -0.3 is 20.1 Å². The second-order valence-corrected chi connectivity index (χ2v) is 4.62. The summed E-state index contributed by atoms with van der Waals surface area (Å²) in [4.78, 5) is 0. The largest absolute Gasteiger partial charge is 0.497 e. The lowest BCUT2D eigenvalue weighted by molar-refractivity contribution is 0.395. The third-order valence-electron chi connectivity index (χ3n) is 2.93. The van der Waals surface area contributed by atoms with Crippen LogP contribution in [0.15, 0.2) is 18.2 Å². The summed E-state index contributed by atoms with van der Waals surface area (Å²) in [5, 5.41) is 7.04. The Labute approximate surface area is 120 Å². The minimum atomic E-state index is 0.396. The second kappa shape index (κ2) is 7.84. The fourth-order valence-corrected chi connectivity index (χ4v) is 2.01. The van der Waals surface area contributed by atoms with Crippen molar-refractivity contribution in [3.63, 3.8) is 0 Å². The number of ether oxygens (including phenoxy) is 2. The van der Waals surface area contributed by atoms with Gasteiger partial charge in [-0.2, -0.15) is 0 Å². The zero-order chi connectivity index (χ0) is 14.3. The molecule has 0 bridgehead atoms. The summed E-state index contributed by atoms with van der Waals surface area (Å²) >= 11 is 5.30. The molecule has 0 saturated carbocycles. The van der Waals surface area contributed by atoms with Crippen molar-refractivity contribution >= 4 is 23.0 Å². The first kappa shape index (κ1) is 15.6. The Kier molecular flexibility index (Phi) is 6.42. The summed E-state index contributed by atoms with van der Waals surface area (Å²) in [7, 11) is 3.25. The van der Waals surface area contributed by atoms with E-state index in [9.17, 15) is 0 Å². The number of anilines is 1. The highest BCUT2D eigenvalue weighted by Gasteiger charge is 2.07. The highest BCUT2D eigenvalue weighted by molar-refractivity contribution is 7.80. The molecule has 4 nitrogen and oxygen atoms in total. The normalized spacial score (nSPS) is 10.2. The highest BCUT2D eigenvalue weighted by atomic mass is 32.1. The van der Waals surface area contributed by atoms with E-state index in [0.29, 0.717) is 11.2 Å². The van der Waals surface area contributed by atoms with E-state index in [1.165, 1.54) is 0 Å². The molecule has 0 atom stereocenters. The number of hydrogen-bond donors (Lipinski definition) is 2. The van der Waals surface area contributed by atoms with E-state index in [-0.39, 0.29) is 0 Å². The molecule has 0 aliphatic heterocycles. The monoisotopic (exact) mass is 282 g/mol. The van der Waals surface area contributed by atoms with Crippen LogP contribution in [0.5, 0.6) is 11.5 Å². The van der Waals surface area contributed by atoms with Crippen LogP contribution in [-0.4, -0.2) is 25.4 Å². The first-order chi connectivity index (χ1) is 9.12. The van der Waals surface area contributed by atoms with E-state index in [1.54, 1.807) is 14.2 Å². The van der Waals surface area contributed by atoms with Crippen LogP contribution in [0.3, 0.4) is 0 Å². The zero-order valence-electron chi connectivity index (χ0n) is 11.9. The van der Waals surface area contributed by atoms with Crippen molar-refractivity contribution in [2.75, 3.05) is 19.5 Å². The minimum Gasteiger partial charge on any atom is -0.497 e. The number of hydrogen-bond acceptors (Lipinski definition) is 3. The maximum Gasteiger partial charge on any atom is 0.170 e. The SMILES string of the molecule is CCC(CC)NC(=S)Nc1cc(OC)cc(OC)c1. The van der Waals surface area contributed by atoms with Gasteiger partial charge in [-0.1, -0.05) is 13.8 Å². The molecule has 0 aromatic heterocycles. The number of benzene rings is 1. The number of thiocarbonyl (C=S) groups is 1. The molecular weight excluding hydrogens is 260 g/mol. The predicted octanol–water partition coefficient (Wildman–Crippen LogP) is 3.18. The molecule has 19 heavy (non-hydrogen) atoms.